The number of hydrogen-bond acceptors (Lipinski definition) is 4. The van der Waals surface area contributed by atoms with E-state index >= 15 is 0 Å². The van der Waals surface area contributed by atoms with Crippen molar-refractivity contribution < 1.29 is 9.72 Å². The first-order valence-electron chi connectivity index (χ1n) is 5.10. The van der Waals surface area contributed by atoms with Crippen LogP contribution in [0, 0.1) is 10.1 Å². The molecule has 0 saturated carbocycles. The van der Waals surface area contributed by atoms with Crippen molar-refractivity contribution in [2.75, 3.05) is 18.4 Å². The molecule has 1 aromatic carbocycles. The van der Waals surface area contributed by atoms with E-state index in [1.165, 1.54) is 18.2 Å². The highest BCUT2D eigenvalue weighted by molar-refractivity contribution is 9.10. The lowest BCUT2D eigenvalue weighted by Crippen LogP contribution is -2.28. The Morgan fingerprint density at radius 2 is 2.28 bits per heavy atom. The van der Waals surface area contributed by atoms with Gasteiger partial charge in [-0.15, -0.1) is 6.58 Å². The SMILES string of the molecule is C=CCNCC(=O)Nc1ccc([N+](=O)[O-])cc1Br. The number of nitrogens with zero attached hydrogens (tertiary/aromatic N) is 1. The summed E-state index contributed by atoms with van der Waals surface area (Å²) in [5.74, 6) is -0.230. The second kappa shape index (κ2) is 6.87. The van der Waals surface area contributed by atoms with Crippen LogP contribution in [0.4, 0.5) is 11.4 Å². The Bertz CT molecular complexity index is 477. The molecule has 0 aliphatic rings. The number of halogens is 1. The Labute approximate surface area is 112 Å². The van der Waals surface area contributed by atoms with Gasteiger partial charge in [0.25, 0.3) is 5.69 Å². The summed E-state index contributed by atoms with van der Waals surface area (Å²) < 4.78 is 0.466. The Balaban J connectivity index is 2.65. The van der Waals surface area contributed by atoms with Gasteiger partial charge in [0.05, 0.1) is 17.2 Å². The lowest BCUT2D eigenvalue weighted by molar-refractivity contribution is -0.384. The highest BCUT2D eigenvalue weighted by Crippen LogP contribution is 2.26. The molecule has 1 rings (SSSR count). The fourth-order valence-corrected chi connectivity index (χ4v) is 1.67. The number of nitrogens with one attached hydrogen (secondary N) is 2. The van der Waals surface area contributed by atoms with E-state index in [4.69, 9.17) is 0 Å². The number of nitro benzene ring substituents is 1. The molecule has 0 aliphatic heterocycles. The normalized spacial score (nSPS) is 9.83. The summed E-state index contributed by atoms with van der Waals surface area (Å²) in [4.78, 5) is 21.5. The van der Waals surface area contributed by atoms with Gasteiger partial charge in [0.2, 0.25) is 5.91 Å². The number of nitro groups is 1. The summed E-state index contributed by atoms with van der Waals surface area (Å²) in [5.41, 5.74) is 0.454. The maximum Gasteiger partial charge on any atom is 0.270 e. The van der Waals surface area contributed by atoms with Gasteiger partial charge < -0.3 is 10.6 Å². The first-order valence-corrected chi connectivity index (χ1v) is 5.89. The molecular weight excluding hydrogens is 302 g/mol. The molecule has 2 N–H and O–H groups in total. The van der Waals surface area contributed by atoms with Gasteiger partial charge in [-0.2, -0.15) is 0 Å². The Hall–Kier alpha value is -1.73. The summed E-state index contributed by atoms with van der Waals surface area (Å²) in [5, 5.41) is 16.0. The average Bonchev–Trinajstić information content (AvgIpc) is 2.32. The topological polar surface area (TPSA) is 84.3 Å². The molecule has 0 bridgehead atoms. The first kappa shape index (κ1) is 14.3. The third kappa shape index (κ3) is 4.27. The minimum absolute atomic E-state index is 0.0374. The zero-order valence-corrected chi connectivity index (χ0v) is 11.1. The van der Waals surface area contributed by atoms with Gasteiger partial charge in [-0.25, -0.2) is 0 Å². The Morgan fingerprint density at radius 3 is 2.83 bits per heavy atom. The van der Waals surface area contributed by atoms with Crippen molar-refractivity contribution in [2.24, 2.45) is 0 Å². The third-order valence-corrected chi connectivity index (χ3v) is 2.67. The second-order valence-corrected chi connectivity index (χ2v) is 4.24. The van der Waals surface area contributed by atoms with E-state index in [1.54, 1.807) is 6.08 Å². The molecule has 0 saturated heterocycles. The highest BCUT2D eigenvalue weighted by Gasteiger charge is 2.10. The van der Waals surface area contributed by atoms with Crippen LogP contribution in [-0.4, -0.2) is 23.9 Å². The van der Waals surface area contributed by atoms with Crippen LogP contribution in [0.3, 0.4) is 0 Å². The monoisotopic (exact) mass is 313 g/mol. The zero-order valence-electron chi connectivity index (χ0n) is 9.48. The van der Waals surface area contributed by atoms with Crippen molar-refractivity contribution in [3.8, 4) is 0 Å². The van der Waals surface area contributed by atoms with E-state index < -0.39 is 4.92 Å². The van der Waals surface area contributed by atoms with Crippen molar-refractivity contribution in [2.45, 2.75) is 0 Å². The molecule has 0 aromatic heterocycles. The van der Waals surface area contributed by atoms with E-state index in [2.05, 4.69) is 33.1 Å². The van der Waals surface area contributed by atoms with Crippen molar-refractivity contribution in [3.05, 3.63) is 45.4 Å². The fourth-order valence-electron chi connectivity index (χ4n) is 1.20. The largest absolute Gasteiger partial charge is 0.324 e. The molecule has 1 amide bonds. The van der Waals surface area contributed by atoms with Crippen LogP contribution >= 0.6 is 15.9 Å². The van der Waals surface area contributed by atoms with Crippen LogP contribution in [0.5, 0.6) is 0 Å². The van der Waals surface area contributed by atoms with Crippen molar-refractivity contribution in [1.29, 1.82) is 0 Å². The molecule has 96 valence electrons. The molecule has 18 heavy (non-hydrogen) atoms. The van der Waals surface area contributed by atoms with E-state index in [-0.39, 0.29) is 18.1 Å². The van der Waals surface area contributed by atoms with Gasteiger partial charge in [-0.1, -0.05) is 6.08 Å². The number of hydrogen-bond donors (Lipinski definition) is 2. The van der Waals surface area contributed by atoms with Crippen LogP contribution in [-0.2, 0) is 4.79 Å². The number of anilines is 1. The van der Waals surface area contributed by atoms with E-state index in [9.17, 15) is 14.9 Å². The molecule has 0 fully saturated rings. The van der Waals surface area contributed by atoms with Gasteiger partial charge in [0.15, 0.2) is 0 Å². The van der Waals surface area contributed by atoms with Crippen molar-refractivity contribution in [3.63, 3.8) is 0 Å². The predicted octanol–water partition coefficient (Wildman–Crippen LogP) is 2.07. The van der Waals surface area contributed by atoms with E-state index in [0.717, 1.165) is 0 Å². The minimum Gasteiger partial charge on any atom is -0.324 e. The Morgan fingerprint density at radius 1 is 1.56 bits per heavy atom. The lowest BCUT2D eigenvalue weighted by Gasteiger charge is -2.07. The average molecular weight is 314 g/mol. The standard InChI is InChI=1S/C11H12BrN3O3/c1-2-5-13-7-11(16)14-10-4-3-8(15(17)18)6-9(10)12/h2-4,6,13H,1,5,7H2,(H,14,16). The Kier molecular flexibility index (Phi) is 5.47. The molecule has 0 spiro atoms. The lowest BCUT2D eigenvalue weighted by atomic mass is 10.3. The number of rotatable bonds is 6. The van der Waals surface area contributed by atoms with Crippen LogP contribution in [0.25, 0.3) is 0 Å². The number of amides is 1. The molecule has 6 nitrogen and oxygen atoms in total. The maximum absolute atomic E-state index is 11.5. The van der Waals surface area contributed by atoms with Crippen LogP contribution in [0.1, 0.15) is 0 Å². The molecule has 0 aliphatic carbocycles. The summed E-state index contributed by atoms with van der Waals surface area (Å²) >= 11 is 3.17. The predicted molar refractivity (Wildman–Crippen MR) is 72.5 cm³/mol. The van der Waals surface area contributed by atoms with Gasteiger partial charge in [0.1, 0.15) is 0 Å². The van der Waals surface area contributed by atoms with Gasteiger partial charge in [0, 0.05) is 23.2 Å². The van der Waals surface area contributed by atoms with Crippen molar-refractivity contribution in [1.82, 2.24) is 5.32 Å². The third-order valence-electron chi connectivity index (χ3n) is 2.01. The van der Waals surface area contributed by atoms with Gasteiger partial charge >= 0.3 is 0 Å². The summed E-state index contributed by atoms with van der Waals surface area (Å²) in [6.45, 7) is 4.20. The quantitative estimate of drug-likeness (QED) is 0.364. The summed E-state index contributed by atoms with van der Waals surface area (Å²) in [6, 6.07) is 4.15. The maximum atomic E-state index is 11.5. The molecule has 0 unspecified atom stereocenters. The van der Waals surface area contributed by atoms with Gasteiger partial charge in [-0.3, -0.25) is 14.9 Å². The summed E-state index contributed by atoms with van der Waals surface area (Å²) in [6.07, 6.45) is 1.65. The molecule has 1 aromatic rings. The first-order chi connectivity index (χ1) is 8.54. The zero-order chi connectivity index (χ0) is 13.5. The fraction of sp³-hybridized carbons (Fsp3) is 0.182. The molecule has 0 radical (unpaired) electrons. The molecular formula is C11H12BrN3O3. The van der Waals surface area contributed by atoms with E-state index in [0.29, 0.717) is 16.7 Å². The van der Waals surface area contributed by atoms with Crippen LogP contribution < -0.4 is 10.6 Å². The minimum atomic E-state index is -0.498. The number of carbonyl (C=O) groups excluding carboxylic acids is 1. The van der Waals surface area contributed by atoms with Crippen LogP contribution in [0.2, 0.25) is 0 Å². The number of carbonyl (C=O) groups is 1. The smallest absolute Gasteiger partial charge is 0.270 e. The highest BCUT2D eigenvalue weighted by atomic mass is 79.9. The van der Waals surface area contributed by atoms with Crippen molar-refractivity contribution >= 4 is 33.2 Å². The summed E-state index contributed by atoms with van der Waals surface area (Å²) in [7, 11) is 0. The molecule has 7 heteroatoms. The van der Waals surface area contributed by atoms with Crippen LogP contribution in [0.15, 0.2) is 35.3 Å². The van der Waals surface area contributed by atoms with Gasteiger partial charge in [-0.05, 0) is 22.0 Å². The molecule has 0 atom stereocenters. The number of benzene rings is 1. The number of non-ortho nitro benzene ring substituents is 1. The van der Waals surface area contributed by atoms with E-state index in [1.807, 2.05) is 0 Å². The molecule has 0 heterocycles. The second-order valence-electron chi connectivity index (χ2n) is 3.39.